The van der Waals surface area contributed by atoms with Crippen LogP contribution in [0.3, 0.4) is 0 Å². The fourth-order valence-corrected chi connectivity index (χ4v) is 3.72. The minimum atomic E-state index is -0.00355. The normalized spacial score (nSPS) is 20.4. The first-order valence-electron chi connectivity index (χ1n) is 7.62. The standard InChI is InChI=1S/C15H25N3O2S/c1-5-20-13-7-6-8-18(9-13)15(19)17-11(3)14-10(2)16-12(4)21-14/h11,13H,5-9H2,1-4H3,(H,17,19). The van der Waals surface area contributed by atoms with Gasteiger partial charge in [0.15, 0.2) is 0 Å². The second-order valence-electron chi connectivity index (χ2n) is 5.52. The number of hydrogen-bond acceptors (Lipinski definition) is 4. The van der Waals surface area contributed by atoms with Crippen LogP contribution in [-0.4, -0.2) is 41.7 Å². The summed E-state index contributed by atoms with van der Waals surface area (Å²) < 4.78 is 5.65. The average molecular weight is 311 g/mol. The number of likely N-dealkylation sites (tertiary alicyclic amines) is 1. The Morgan fingerprint density at radius 1 is 1.57 bits per heavy atom. The van der Waals surface area contributed by atoms with Crippen molar-refractivity contribution < 1.29 is 9.53 Å². The molecule has 1 aliphatic rings. The van der Waals surface area contributed by atoms with Gasteiger partial charge in [-0.15, -0.1) is 11.3 Å². The number of carbonyl (C=O) groups excluding carboxylic acids is 1. The molecule has 1 aliphatic heterocycles. The van der Waals surface area contributed by atoms with E-state index in [-0.39, 0.29) is 18.2 Å². The summed E-state index contributed by atoms with van der Waals surface area (Å²) in [4.78, 5) is 19.8. The summed E-state index contributed by atoms with van der Waals surface area (Å²) in [5.74, 6) is 0. The van der Waals surface area contributed by atoms with Crippen LogP contribution in [0.5, 0.6) is 0 Å². The molecule has 6 heteroatoms. The van der Waals surface area contributed by atoms with E-state index < -0.39 is 0 Å². The lowest BCUT2D eigenvalue weighted by Gasteiger charge is -2.33. The van der Waals surface area contributed by atoms with Crippen LogP contribution < -0.4 is 5.32 Å². The number of carbonyl (C=O) groups is 1. The van der Waals surface area contributed by atoms with E-state index in [2.05, 4.69) is 10.3 Å². The van der Waals surface area contributed by atoms with E-state index in [1.54, 1.807) is 11.3 Å². The zero-order chi connectivity index (χ0) is 15.4. The number of nitrogens with zero attached hydrogens (tertiary/aromatic N) is 2. The van der Waals surface area contributed by atoms with E-state index in [0.717, 1.165) is 35.0 Å². The molecule has 21 heavy (non-hydrogen) atoms. The van der Waals surface area contributed by atoms with Crippen LogP contribution in [0.15, 0.2) is 0 Å². The van der Waals surface area contributed by atoms with Crippen molar-refractivity contribution in [3.63, 3.8) is 0 Å². The third-order valence-corrected chi connectivity index (χ3v) is 5.00. The number of urea groups is 1. The van der Waals surface area contributed by atoms with Crippen molar-refractivity contribution in [1.82, 2.24) is 15.2 Å². The molecule has 1 saturated heterocycles. The molecule has 1 fully saturated rings. The topological polar surface area (TPSA) is 54.5 Å². The Bertz CT molecular complexity index is 487. The molecule has 0 spiro atoms. The first-order chi connectivity index (χ1) is 10.0. The van der Waals surface area contributed by atoms with Crippen molar-refractivity contribution in [2.24, 2.45) is 0 Å². The molecule has 1 aromatic heterocycles. The first kappa shape index (κ1) is 16.2. The number of amides is 2. The zero-order valence-electron chi connectivity index (χ0n) is 13.3. The van der Waals surface area contributed by atoms with Gasteiger partial charge in [0.1, 0.15) is 0 Å². The summed E-state index contributed by atoms with van der Waals surface area (Å²) in [6.07, 6.45) is 2.23. The third kappa shape index (κ3) is 4.17. The Kier molecular flexibility index (Phi) is 5.58. The van der Waals surface area contributed by atoms with Gasteiger partial charge in [-0.05, 0) is 40.5 Å². The van der Waals surface area contributed by atoms with Gasteiger partial charge in [-0.25, -0.2) is 9.78 Å². The van der Waals surface area contributed by atoms with Crippen LogP contribution >= 0.6 is 11.3 Å². The number of piperidine rings is 1. The Morgan fingerprint density at radius 2 is 2.33 bits per heavy atom. The number of rotatable bonds is 4. The molecule has 1 N–H and O–H groups in total. The Labute approximate surface area is 130 Å². The van der Waals surface area contributed by atoms with Crippen molar-refractivity contribution >= 4 is 17.4 Å². The number of thiazole rings is 1. The van der Waals surface area contributed by atoms with E-state index in [9.17, 15) is 4.79 Å². The molecule has 1 aromatic rings. The van der Waals surface area contributed by atoms with Crippen LogP contribution in [0, 0.1) is 13.8 Å². The minimum Gasteiger partial charge on any atom is -0.377 e. The lowest BCUT2D eigenvalue weighted by Crippen LogP contribution is -2.48. The summed E-state index contributed by atoms with van der Waals surface area (Å²) in [5, 5.41) is 4.12. The average Bonchev–Trinajstić information content (AvgIpc) is 2.78. The van der Waals surface area contributed by atoms with Gasteiger partial charge in [-0.1, -0.05) is 0 Å². The van der Waals surface area contributed by atoms with E-state index in [1.807, 2.05) is 32.6 Å². The van der Waals surface area contributed by atoms with Crippen LogP contribution in [0.2, 0.25) is 0 Å². The highest BCUT2D eigenvalue weighted by Crippen LogP contribution is 2.24. The van der Waals surface area contributed by atoms with Gasteiger partial charge in [0.05, 0.1) is 22.8 Å². The first-order valence-corrected chi connectivity index (χ1v) is 8.43. The lowest BCUT2D eigenvalue weighted by atomic mass is 10.1. The summed E-state index contributed by atoms with van der Waals surface area (Å²) >= 11 is 1.65. The van der Waals surface area contributed by atoms with Crippen molar-refractivity contribution in [2.75, 3.05) is 19.7 Å². The summed E-state index contributed by atoms with van der Waals surface area (Å²) in [5.41, 5.74) is 1.01. The van der Waals surface area contributed by atoms with E-state index >= 15 is 0 Å². The van der Waals surface area contributed by atoms with Crippen LogP contribution in [0.1, 0.15) is 48.3 Å². The molecule has 0 radical (unpaired) electrons. The second kappa shape index (κ2) is 7.22. The zero-order valence-corrected chi connectivity index (χ0v) is 14.1. The van der Waals surface area contributed by atoms with Crippen molar-refractivity contribution in [2.45, 2.75) is 52.7 Å². The molecular weight excluding hydrogens is 286 g/mol. The summed E-state index contributed by atoms with van der Waals surface area (Å²) in [6, 6.07) is -0.00599. The third-order valence-electron chi connectivity index (χ3n) is 3.74. The molecule has 0 bridgehead atoms. The van der Waals surface area contributed by atoms with Crippen LogP contribution in [0.4, 0.5) is 4.79 Å². The molecule has 118 valence electrons. The Morgan fingerprint density at radius 3 is 2.95 bits per heavy atom. The maximum absolute atomic E-state index is 12.4. The summed E-state index contributed by atoms with van der Waals surface area (Å²) in [7, 11) is 0. The fraction of sp³-hybridized carbons (Fsp3) is 0.733. The highest BCUT2D eigenvalue weighted by molar-refractivity contribution is 7.11. The smallest absolute Gasteiger partial charge is 0.317 e. The quantitative estimate of drug-likeness (QED) is 0.930. The molecule has 2 unspecified atom stereocenters. The van der Waals surface area contributed by atoms with Gasteiger partial charge in [0, 0.05) is 24.6 Å². The van der Waals surface area contributed by atoms with Crippen molar-refractivity contribution in [3.8, 4) is 0 Å². The molecule has 2 heterocycles. The highest BCUT2D eigenvalue weighted by Gasteiger charge is 2.25. The van der Waals surface area contributed by atoms with Crippen molar-refractivity contribution in [3.05, 3.63) is 15.6 Å². The minimum absolute atomic E-state index is 0.00245. The molecular formula is C15H25N3O2S. The molecule has 5 nitrogen and oxygen atoms in total. The maximum atomic E-state index is 12.4. The monoisotopic (exact) mass is 311 g/mol. The lowest BCUT2D eigenvalue weighted by molar-refractivity contribution is 0.0162. The van der Waals surface area contributed by atoms with Gasteiger partial charge in [0.25, 0.3) is 0 Å². The van der Waals surface area contributed by atoms with Crippen LogP contribution in [0.25, 0.3) is 0 Å². The van der Waals surface area contributed by atoms with Crippen LogP contribution in [-0.2, 0) is 4.74 Å². The molecule has 2 amide bonds. The summed E-state index contributed by atoms with van der Waals surface area (Å²) in [6.45, 7) is 10.2. The van der Waals surface area contributed by atoms with Crippen molar-refractivity contribution in [1.29, 1.82) is 0 Å². The number of ether oxygens (including phenoxy) is 1. The Hall–Kier alpha value is -1.14. The van der Waals surface area contributed by atoms with Gasteiger partial charge in [-0.2, -0.15) is 0 Å². The molecule has 0 aliphatic carbocycles. The maximum Gasteiger partial charge on any atom is 0.317 e. The molecule has 0 saturated carbocycles. The molecule has 2 rings (SSSR count). The van der Waals surface area contributed by atoms with Gasteiger partial charge < -0.3 is 15.0 Å². The number of hydrogen-bond donors (Lipinski definition) is 1. The number of aromatic nitrogens is 1. The SMILES string of the molecule is CCOC1CCCN(C(=O)NC(C)c2sc(C)nc2C)C1. The fourth-order valence-electron chi connectivity index (χ4n) is 2.79. The largest absolute Gasteiger partial charge is 0.377 e. The van der Waals surface area contributed by atoms with Gasteiger partial charge in [0.2, 0.25) is 0 Å². The molecule has 0 aromatic carbocycles. The van der Waals surface area contributed by atoms with Gasteiger partial charge in [-0.3, -0.25) is 0 Å². The Balaban J connectivity index is 1.93. The second-order valence-corrected chi connectivity index (χ2v) is 6.75. The van der Waals surface area contributed by atoms with Gasteiger partial charge >= 0.3 is 6.03 Å². The number of aryl methyl sites for hydroxylation is 2. The van der Waals surface area contributed by atoms with E-state index in [4.69, 9.17) is 4.74 Å². The molecule has 2 atom stereocenters. The highest BCUT2D eigenvalue weighted by atomic mass is 32.1. The number of nitrogens with one attached hydrogen (secondary N) is 1. The van der Waals surface area contributed by atoms with E-state index in [0.29, 0.717) is 13.2 Å². The predicted octanol–water partition coefficient (Wildman–Crippen LogP) is 3.03. The predicted molar refractivity (Wildman–Crippen MR) is 84.8 cm³/mol. The van der Waals surface area contributed by atoms with E-state index in [1.165, 1.54) is 0 Å².